The lowest BCUT2D eigenvalue weighted by Crippen LogP contribution is -1.83. The Kier molecular flexibility index (Phi) is 14.8. The maximum absolute atomic E-state index is 6.47. The fraction of sp³-hybridized carbons (Fsp3) is 1.00. The third-order valence-electron chi connectivity index (χ3n) is 1.14. The molecule has 0 unspecified atom stereocenters. The maximum Gasteiger partial charge on any atom is 0.0579 e. The highest BCUT2D eigenvalue weighted by molar-refractivity contribution is 6.04. The van der Waals surface area contributed by atoms with Crippen molar-refractivity contribution in [2.75, 3.05) is 0 Å². The molecule has 0 atom stereocenters. The molecule has 0 saturated carbocycles. The van der Waals surface area contributed by atoms with Crippen LogP contribution in [-0.2, 0) is 0 Å². The lowest BCUT2D eigenvalue weighted by atomic mass is 10.1. The summed E-state index contributed by atoms with van der Waals surface area (Å²) in [5.74, 6) is 0.903. The molecule has 9 heavy (non-hydrogen) atoms. The summed E-state index contributed by atoms with van der Waals surface area (Å²) in [6, 6.07) is 0. The summed E-state index contributed by atoms with van der Waals surface area (Å²) in [5, 5.41) is 0. The van der Waals surface area contributed by atoms with E-state index in [1.165, 1.54) is 19.3 Å². The number of unbranched alkanes of at least 4 members (excludes halogenated alkanes) is 1. The molecule has 0 aromatic rings. The standard InChI is InChI=1S/C7H16.ClHO/c1-4-5-6-7(2)3;1-2/h7H,4-6H2,1-3H3;2H. The van der Waals surface area contributed by atoms with Crippen molar-refractivity contribution >= 4 is 11.9 Å². The summed E-state index contributed by atoms with van der Waals surface area (Å²) in [4.78, 5) is 0. The fourth-order valence-electron chi connectivity index (χ4n) is 0.612. The first-order valence-corrected chi connectivity index (χ1v) is 3.78. The molecule has 0 aliphatic rings. The Morgan fingerprint density at radius 3 is 1.89 bits per heavy atom. The van der Waals surface area contributed by atoms with Gasteiger partial charge in [0.05, 0.1) is 11.9 Å². The van der Waals surface area contributed by atoms with E-state index in [9.17, 15) is 0 Å². The molecule has 0 bridgehead atoms. The summed E-state index contributed by atoms with van der Waals surface area (Å²) >= 11 is 3.64. The molecule has 0 rings (SSSR count). The molecule has 1 N–H and O–H groups in total. The van der Waals surface area contributed by atoms with E-state index in [-0.39, 0.29) is 0 Å². The zero-order chi connectivity index (χ0) is 7.70. The van der Waals surface area contributed by atoms with Gasteiger partial charge in [0.1, 0.15) is 0 Å². The first-order chi connectivity index (χ1) is 4.27. The highest BCUT2D eigenvalue weighted by Gasteiger charge is 1.88. The van der Waals surface area contributed by atoms with Gasteiger partial charge in [0.15, 0.2) is 0 Å². The van der Waals surface area contributed by atoms with Crippen LogP contribution in [0.4, 0.5) is 0 Å². The summed E-state index contributed by atoms with van der Waals surface area (Å²) in [6.45, 7) is 6.79. The second-order valence-electron chi connectivity index (χ2n) is 2.54. The number of rotatable bonds is 3. The van der Waals surface area contributed by atoms with Gasteiger partial charge in [0.2, 0.25) is 0 Å². The van der Waals surface area contributed by atoms with Crippen LogP contribution >= 0.6 is 11.9 Å². The smallest absolute Gasteiger partial charge is 0.0579 e. The van der Waals surface area contributed by atoms with E-state index in [1.807, 2.05) is 0 Å². The van der Waals surface area contributed by atoms with E-state index in [0.29, 0.717) is 0 Å². The van der Waals surface area contributed by atoms with Crippen LogP contribution in [0.5, 0.6) is 0 Å². The van der Waals surface area contributed by atoms with Gasteiger partial charge in [-0.1, -0.05) is 40.0 Å². The first kappa shape index (κ1) is 12.0. The second kappa shape index (κ2) is 11.1. The highest BCUT2D eigenvalue weighted by atomic mass is 35.5. The Bertz CT molecular complexity index is 37.9. The Morgan fingerprint density at radius 2 is 1.78 bits per heavy atom. The van der Waals surface area contributed by atoms with E-state index in [4.69, 9.17) is 4.66 Å². The van der Waals surface area contributed by atoms with E-state index in [2.05, 4.69) is 32.6 Å². The molecule has 2 heteroatoms. The SMILES string of the molecule is CCCCC(C)C.OCl. The number of hydrogen-bond donors (Lipinski definition) is 1. The van der Waals surface area contributed by atoms with Crippen LogP contribution in [0.1, 0.15) is 40.0 Å². The minimum absolute atomic E-state index is 0.903. The molecule has 0 heterocycles. The van der Waals surface area contributed by atoms with Gasteiger partial charge in [-0.05, 0) is 5.92 Å². The molecule has 0 aliphatic heterocycles. The zero-order valence-electron chi connectivity index (χ0n) is 6.52. The molecule has 0 radical (unpaired) electrons. The molecule has 0 spiro atoms. The Balaban J connectivity index is 0. The largest absolute Gasteiger partial charge is 0.295 e. The summed E-state index contributed by atoms with van der Waals surface area (Å²) in [6.07, 6.45) is 4.15. The van der Waals surface area contributed by atoms with Crippen LogP contribution in [0.2, 0.25) is 0 Å². The molecule has 0 aromatic carbocycles. The van der Waals surface area contributed by atoms with Gasteiger partial charge < -0.3 is 0 Å². The predicted molar refractivity (Wildman–Crippen MR) is 42.4 cm³/mol. The van der Waals surface area contributed by atoms with E-state index < -0.39 is 0 Å². The third-order valence-corrected chi connectivity index (χ3v) is 1.14. The Hall–Kier alpha value is 0.250. The van der Waals surface area contributed by atoms with Crippen molar-refractivity contribution in [2.24, 2.45) is 5.92 Å². The normalized spacial score (nSPS) is 8.67. The number of halogens is 1. The predicted octanol–water partition coefficient (Wildman–Crippen LogP) is 2.97. The maximum atomic E-state index is 6.47. The Morgan fingerprint density at radius 1 is 1.33 bits per heavy atom. The van der Waals surface area contributed by atoms with Crippen LogP contribution < -0.4 is 0 Å². The van der Waals surface area contributed by atoms with Crippen molar-refractivity contribution in [1.82, 2.24) is 0 Å². The molecule has 1 nitrogen and oxygen atoms in total. The minimum atomic E-state index is 0.903. The lowest BCUT2D eigenvalue weighted by molar-refractivity contribution is 0.550. The first-order valence-electron chi connectivity index (χ1n) is 3.44. The van der Waals surface area contributed by atoms with Crippen LogP contribution in [0.25, 0.3) is 0 Å². The van der Waals surface area contributed by atoms with Crippen molar-refractivity contribution in [1.29, 1.82) is 0 Å². The van der Waals surface area contributed by atoms with Gasteiger partial charge in [-0.15, -0.1) is 0 Å². The molecular formula is C7H17ClO. The van der Waals surface area contributed by atoms with Gasteiger partial charge in [0.25, 0.3) is 0 Å². The van der Waals surface area contributed by atoms with Gasteiger partial charge >= 0.3 is 0 Å². The molecule has 0 saturated heterocycles. The van der Waals surface area contributed by atoms with Crippen LogP contribution in [0.15, 0.2) is 0 Å². The van der Waals surface area contributed by atoms with E-state index >= 15 is 0 Å². The summed E-state index contributed by atoms with van der Waals surface area (Å²) in [5.41, 5.74) is 0. The van der Waals surface area contributed by atoms with Crippen molar-refractivity contribution in [3.8, 4) is 0 Å². The fourth-order valence-corrected chi connectivity index (χ4v) is 0.612. The molecular weight excluding hydrogens is 136 g/mol. The second-order valence-corrected chi connectivity index (χ2v) is 2.54. The van der Waals surface area contributed by atoms with Gasteiger partial charge in [0, 0.05) is 0 Å². The minimum Gasteiger partial charge on any atom is -0.295 e. The molecule has 0 aliphatic carbocycles. The van der Waals surface area contributed by atoms with Gasteiger partial charge in [-0.3, -0.25) is 4.66 Å². The van der Waals surface area contributed by atoms with Gasteiger partial charge in [-0.25, -0.2) is 0 Å². The van der Waals surface area contributed by atoms with Crippen molar-refractivity contribution in [3.63, 3.8) is 0 Å². The van der Waals surface area contributed by atoms with E-state index in [0.717, 1.165) is 5.92 Å². The van der Waals surface area contributed by atoms with Crippen molar-refractivity contribution < 1.29 is 4.66 Å². The highest BCUT2D eigenvalue weighted by Crippen LogP contribution is 2.04. The quantitative estimate of drug-likeness (QED) is 0.660. The summed E-state index contributed by atoms with van der Waals surface area (Å²) in [7, 11) is 0. The van der Waals surface area contributed by atoms with E-state index in [1.54, 1.807) is 0 Å². The van der Waals surface area contributed by atoms with Gasteiger partial charge in [-0.2, -0.15) is 0 Å². The lowest BCUT2D eigenvalue weighted by Gasteiger charge is -1.98. The Labute approximate surface area is 63.2 Å². The van der Waals surface area contributed by atoms with Crippen LogP contribution in [0.3, 0.4) is 0 Å². The average molecular weight is 153 g/mol. The molecule has 0 aromatic heterocycles. The van der Waals surface area contributed by atoms with Crippen molar-refractivity contribution in [2.45, 2.75) is 40.0 Å². The molecule has 58 valence electrons. The van der Waals surface area contributed by atoms with Crippen LogP contribution in [0, 0.1) is 5.92 Å². The van der Waals surface area contributed by atoms with Crippen LogP contribution in [-0.4, -0.2) is 4.66 Å². The molecule has 0 amide bonds. The zero-order valence-corrected chi connectivity index (χ0v) is 7.28. The molecule has 0 fully saturated rings. The monoisotopic (exact) mass is 152 g/mol. The van der Waals surface area contributed by atoms with Crippen molar-refractivity contribution in [3.05, 3.63) is 0 Å². The average Bonchev–Trinajstić information content (AvgIpc) is 1.88. The summed E-state index contributed by atoms with van der Waals surface area (Å²) < 4.78 is 6.47. The number of hydrogen-bond acceptors (Lipinski definition) is 1. The topological polar surface area (TPSA) is 20.2 Å². The third kappa shape index (κ3) is 17.8.